The second kappa shape index (κ2) is 5.77. The molecule has 1 saturated heterocycles. The van der Waals surface area contributed by atoms with Gasteiger partial charge in [-0.2, -0.15) is 0 Å². The first-order chi connectivity index (χ1) is 9.77. The molecule has 4 heteroatoms. The predicted octanol–water partition coefficient (Wildman–Crippen LogP) is 2.90. The maximum atomic E-state index is 6.23. The third-order valence-electron chi connectivity index (χ3n) is 4.08. The predicted molar refractivity (Wildman–Crippen MR) is 78.0 cm³/mol. The minimum atomic E-state index is 0.0311. The van der Waals surface area contributed by atoms with Crippen LogP contribution < -0.4 is 5.73 Å². The van der Waals surface area contributed by atoms with Crippen LogP contribution in [0, 0.1) is 0 Å². The van der Waals surface area contributed by atoms with Crippen LogP contribution in [0.25, 0.3) is 0 Å². The summed E-state index contributed by atoms with van der Waals surface area (Å²) < 4.78 is 5.62. The van der Waals surface area contributed by atoms with Crippen molar-refractivity contribution < 1.29 is 4.42 Å². The smallest absolute Gasteiger partial charge is 0.122 e. The van der Waals surface area contributed by atoms with E-state index in [-0.39, 0.29) is 12.1 Å². The number of hydrogen-bond donors (Lipinski definition) is 1. The Kier molecular flexibility index (Phi) is 3.85. The fourth-order valence-corrected chi connectivity index (χ4v) is 3.25. The summed E-state index contributed by atoms with van der Waals surface area (Å²) in [6, 6.07) is 8.72. The zero-order valence-electron chi connectivity index (χ0n) is 11.8. The van der Waals surface area contributed by atoms with Crippen LogP contribution in [0.15, 0.2) is 47.3 Å². The van der Waals surface area contributed by atoms with Crippen molar-refractivity contribution in [3.63, 3.8) is 0 Å². The minimum Gasteiger partial charge on any atom is -0.468 e. The molecule has 1 aliphatic rings. The van der Waals surface area contributed by atoms with Crippen molar-refractivity contribution in [1.82, 2.24) is 9.88 Å². The van der Waals surface area contributed by atoms with Gasteiger partial charge in [0.1, 0.15) is 5.76 Å². The maximum absolute atomic E-state index is 6.23. The summed E-state index contributed by atoms with van der Waals surface area (Å²) >= 11 is 0. The van der Waals surface area contributed by atoms with Crippen molar-refractivity contribution in [2.24, 2.45) is 5.73 Å². The van der Waals surface area contributed by atoms with Gasteiger partial charge in [-0.1, -0.05) is 0 Å². The van der Waals surface area contributed by atoms with E-state index in [2.05, 4.69) is 28.9 Å². The molecule has 0 amide bonds. The van der Waals surface area contributed by atoms with E-state index < -0.39 is 0 Å². The van der Waals surface area contributed by atoms with E-state index in [9.17, 15) is 0 Å². The summed E-state index contributed by atoms with van der Waals surface area (Å²) in [5, 5.41) is 0. The molecule has 3 rings (SSSR count). The highest BCUT2D eigenvalue weighted by Gasteiger charge is 2.35. The fraction of sp³-hybridized carbons (Fsp3) is 0.438. The third kappa shape index (κ3) is 2.49. The average Bonchev–Trinajstić information content (AvgIpc) is 3.11. The van der Waals surface area contributed by atoms with Gasteiger partial charge in [-0.3, -0.25) is 9.88 Å². The highest BCUT2D eigenvalue weighted by Crippen LogP contribution is 2.39. The number of likely N-dealkylation sites (tertiary alicyclic amines) is 1. The Balaban J connectivity index is 1.90. The molecule has 2 aromatic rings. The zero-order valence-corrected chi connectivity index (χ0v) is 11.8. The molecular weight excluding hydrogens is 250 g/mol. The minimum absolute atomic E-state index is 0.0311. The Morgan fingerprint density at radius 1 is 1.35 bits per heavy atom. The molecule has 0 aromatic carbocycles. The summed E-state index contributed by atoms with van der Waals surface area (Å²) in [4.78, 5) is 6.58. The lowest BCUT2D eigenvalue weighted by Crippen LogP contribution is -2.39. The average molecular weight is 271 g/mol. The van der Waals surface area contributed by atoms with Crippen LogP contribution in [0.1, 0.15) is 43.2 Å². The van der Waals surface area contributed by atoms with E-state index in [0.717, 1.165) is 18.7 Å². The van der Waals surface area contributed by atoms with Crippen LogP contribution in [-0.2, 0) is 0 Å². The Morgan fingerprint density at radius 3 is 2.80 bits per heavy atom. The Labute approximate surface area is 119 Å². The summed E-state index contributed by atoms with van der Waals surface area (Å²) in [5.74, 6) is 0.959. The number of hydrogen-bond acceptors (Lipinski definition) is 4. The molecule has 0 spiro atoms. The molecule has 3 unspecified atom stereocenters. The summed E-state index contributed by atoms with van der Waals surface area (Å²) in [6.07, 6.45) is 7.80. The monoisotopic (exact) mass is 271 g/mol. The lowest BCUT2D eigenvalue weighted by Gasteiger charge is -2.34. The number of nitrogens with zero attached hydrogens (tertiary/aromatic N) is 2. The van der Waals surface area contributed by atoms with E-state index in [1.54, 1.807) is 6.26 Å². The van der Waals surface area contributed by atoms with Crippen LogP contribution in [0.4, 0.5) is 0 Å². The van der Waals surface area contributed by atoms with Crippen molar-refractivity contribution in [3.8, 4) is 0 Å². The molecule has 1 aliphatic heterocycles. The van der Waals surface area contributed by atoms with E-state index >= 15 is 0 Å². The molecule has 4 nitrogen and oxygen atoms in total. The summed E-state index contributed by atoms with van der Waals surface area (Å²) in [5.41, 5.74) is 7.55. The van der Waals surface area contributed by atoms with Crippen molar-refractivity contribution in [1.29, 1.82) is 0 Å². The first-order valence-electron chi connectivity index (χ1n) is 7.22. The van der Waals surface area contributed by atoms with Gasteiger partial charge in [-0.15, -0.1) is 0 Å². The largest absolute Gasteiger partial charge is 0.468 e. The lowest BCUT2D eigenvalue weighted by molar-refractivity contribution is 0.140. The molecule has 2 N–H and O–H groups in total. The van der Waals surface area contributed by atoms with Gasteiger partial charge in [0.25, 0.3) is 0 Å². The van der Waals surface area contributed by atoms with Crippen LogP contribution >= 0.6 is 0 Å². The number of nitrogens with two attached hydrogens (primary N) is 1. The Bertz CT molecular complexity index is 524. The van der Waals surface area contributed by atoms with Crippen molar-refractivity contribution in [2.45, 2.75) is 37.9 Å². The van der Waals surface area contributed by atoms with Crippen LogP contribution in [0.3, 0.4) is 0 Å². The number of rotatable bonds is 4. The van der Waals surface area contributed by atoms with Gasteiger partial charge in [-0.25, -0.2) is 0 Å². The molecule has 0 bridgehead atoms. The third-order valence-corrected chi connectivity index (χ3v) is 4.08. The van der Waals surface area contributed by atoms with Gasteiger partial charge in [0.15, 0.2) is 0 Å². The second-order valence-corrected chi connectivity index (χ2v) is 5.50. The first-order valence-corrected chi connectivity index (χ1v) is 7.22. The quantitative estimate of drug-likeness (QED) is 0.929. The maximum Gasteiger partial charge on any atom is 0.122 e. The van der Waals surface area contributed by atoms with E-state index in [0.29, 0.717) is 6.04 Å². The van der Waals surface area contributed by atoms with Gasteiger partial charge in [0.2, 0.25) is 0 Å². The highest BCUT2D eigenvalue weighted by atomic mass is 16.3. The first kappa shape index (κ1) is 13.3. The lowest BCUT2D eigenvalue weighted by atomic mass is 10.0. The van der Waals surface area contributed by atoms with E-state index in [1.807, 2.05) is 24.5 Å². The molecule has 0 saturated carbocycles. The van der Waals surface area contributed by atoms with Crippen LogP contribution in [0.2, 0.25) is 0 Å². The zero-order chi connectivity index (χ0) is 13.9. The van der Waals surface area contributed by atoms with E-state index in [1.165, 1.54) is 12.0 Å². The van der Waals surface area contributed by atoms with Gasteiger partial charge in [-0.05, 0) is 56.1 Å². The van der Waals surface area contributed by atoms with Crippen molar-refractivity contribution in [3.05, 3.63) is 54.2 Å². The van der Waals surface area contributed by atoms with Crippen LogP contribution in [-0.4, -0.2) is 22.5 Å². The molecule has 3 heterocycles. The number of aromatic nitrogens is 1. The number of furan rings is 1. The molecule has 0 aliphatic carbocycles. The topological polar surface area (TPSA) is 55.3 Å². The molecule has 3 atom stereocenters. The van der Waals surface area contributed by atoms with Crippen molar-refractivity contribution in [2.75, 3.05) is 6.54 Å². The Morgan fingerprint density at radius 2 is 2.15 bits per heavy atom. The molecule has 2 aromatic heterocycles. The Hall–Kier alpha value is -1.65. The van der Waals surface area contributed by atoms with Crippen LogP contribution in [0.5, 0.6) is 0 Å². The van der Waals surface area contributed by atoms with Gasteiger partial charge in [0.05, 0.1) is 12.3 Å². The highest BCUT2D eigenvalue weighted by molar-refractivity contribution is 5.19. The molecule has 20 heavy (non-hydrogen) atoms. The molecule has 106 valence electrons. The standard InChI is InChI=1S/C16H21N3O/c1-12(17)16(15-5-3-11-20-15)19-10-2-4-14(19)13-6-8-18-9-7-13/h3,5-9,11-12,14,16H,2,4,10,17H2,1H3. The molecule has 0 radical (unpaired) electrons. The summed E-state index contributed by atoms with van der Waals surface area (Å²) in [7, 11) is 0. The van der Waals surface area contributed by atoms with Gasteiger partial charge in [0, 0.05) is 24.5 Å². The summed E-state index contributed by atoms with van der Waals surface area (Å²) in [6.45, 7) is 3.11. The number of pyridine rings is 1. The molecule has 1 fully saturated rings. The normalized spacial score (nSPS) is 22.8. The molecular formula is C16H21N3O. The fourth-order valence-electron chi connectivity index (χ4n) is 3.25. The van der Waals surface area contributed by atoms with Gasteiger partial charge >= 0.3 is 0 Å². The van der Waals surface area contributed by atoms with E-state index in [4.69, 9.17) is 10.2 Å². The van der Waals surface area contributed by atoms with Gasteiger partial charge < -0.3 is 10.2 Å². The second-order valence-electron chi connectivity index (χ2n) is 5.50. The van der Waals surface area contributed by atoms with Crippen molar-refractivity contribution >= 4 is 0 Å². The SMILES string of the molecule is CC(N)C(c1ccco1)N1CCCC1c1ccncc1.